The molecule has 1 saturated carbocycles. The van der Waals surface area contributed by atoms with E-state index in [0.29, 0.717) is 6.04 Å². The Labute approximate surface area is 106 Å². The van der Waals surface area contributed by atoms with Gasteiger partial charge in [-0.2, -0.15) is 0 Å². The highest BCUT2D eigenvalue weighted by atomic mass is 16.3. The van der Waals surface area contributed by atoms with Crippen LogP contribution in [0.2, 0.25) is 0 Å². The first-order valence-corrected chi connectivity index (χ1v) is 6.47. The van der Waals surface area contributed by atoms with Crippen molar-refractivity contribution in [2.24, 2.45) is 0 Å². The number of nitrogens with one attached hydrogen (secondary N) is 2. The van der Waals surface area contributed by atoms with Crippen LogP contribution < -0.4 is 5.32 Å². The first kappa shape index (κ1) is 11.5. The van der Waals surface area contributed by atoms with E-state index < -0.39 is 0 Å². The molecule has 18 heavy (non-hydrogen) atoms. The predicted molar refractivity (Wildman–Crippen MR) is 70.5 cm³/mol. The van der Waals surface area contributed by atoms with Crippen molar-refractivity contribution in [1.29, 1.82) is 0 Å². The van der Waals surface area contributed by atoms with Gasteiger partial charge in [0.15, 0.2) is 0 Å². The van der Waals surface area contributed by atoms with Gasteiger partial charge in [0.05, 0.1) is 11.5 Å². The maximum absolute atomic E-state index is 9.51. The lowest BCUT2D eigenvalue weighted by atomic mass is 9.93. The fourth-order valence-corrected chi connectivity index (χ4v) is 2.60. The molecule has 0 saturated heterocycles. The summed E-state index contributed by atoms with van der Waals surface area (Å²) in [5.41, 5.74) is 1.97. The van der Waals surface area contributed by atoms with Crippen LogP contribution in [-0.2, 0) is 0 Å². The van der Waals surface area contributed by atoms with E-state index in [-0.39, 0.29) is 6.10 Å². The zero-order valence-corrected chi connectivity index (χ0v) is 10.5. The Kier molecular flexibility index (Phi) is 2.91. The van der Waals surface area contributed by atoms with E-state index in [4.69, 9.17) is 0 Å². The van der Waals surface area contributed by atoms with Crippen molar-refractivity contribution in [3.05, 3.63) is 18.1 Å². The van der Waals surface area contributed by atoms with Crippen molar-refractivity contribution >= 4 is 16.9 Å². The number of rotatable bonds is 2. The Bertz CT molecular complexity index is 543. The van der Waals surface area contributed by atoms with Crippen LogP contribution in [0.4, 0.5) is 5.82 Å². The number of aromatic amines is 1. The molecule has 3 rings (SSSR count). The normalized spacial score (nSPS) is 24.3. The van der Waals surface area contributed by atoms with E-state index >= 15 is 0 Å². The van der Waals surface area contributed by atoms with E-state index in [2.05, 4.69) is 26.3 Å². The second kappa shape index (κ2) is 4.57. The number of hydrogen-bond acceptors (Lipinski definition) is 4. The van der Waals surface area contributed by atoms with Gasteiger partial charge < -0.3 is 15.4 Å². The minimum absolute atomic E-state index is 0.122. The van der Waals surface area contributed by atoms with Gasteiger partial charge in [0.25, 0.3) is 0 Å². The monoisotopic (exact) mass is 246 g/mol. The lowest BCUT2D eigenvalue weighted by Gasteiger charge is -2.26. The maximum Gasteiger partial charge on any atom is 0.143 e. The minimum atomic E-state index is -0.122. The molecule has 2 heterocycles. The molecule has 0 radical (unpaired) electrons. The van der Waals surface area contributed by atoms with Crippen molar-refractivity contribution in [1.82, 2.24) is 15.0 Å². The second-order valence-corrected chi connectivity index (χ2v) is 5.09. The topological polar surface area (TPSA) is 73.8 Å². The molecule has 0 unspecified atom stereocenters. The first-order chi connectivity index (χ1) is 8.72. The molecule has 1 fully saturated rings. The molecule has 0 bridgehead atoms. The van der Waals surface area contributed by atoms with E-state index in [1.165, 1.54) is 0 Å². The minimum Gasteiger partial charge on any atom is -0.393 e. The summed E-state index contributed by atoms with van der Waals surface area (Å²) in [6.45, 7) is 2.02. The molecule has 1 aliphatic rings. The Hall–Kier alpha value is -1.62. The van der Waals surface area contributed by atoms with E-state index in [9.17, 15) is 5.11 Å². The van der Waals surface area contributed by atoms with E-state index in [0.717, 1.165) is 48.2 Å². The highest BCUT2D eigenvalue weighted by molar-refractivity contribution is 5.87. The lowest BCUT2D eigenvalue weighted by Crippen LogP contribution is -2.28. The Morgan fingerprint density at radius 1 is 1.28 bits per heavy atom. The van der Waals surface area contributed by atoms with Gasteiger partial charge in [0, 0.05) is 11.7 Å². The summed E-state index contributed by atoms with van der Waals surface area (Å²) in [6, 6.07) is 2.47. The third-order valence-electron chi connectivity index (χ3n) is 3.60. The summed E-state index contributed by atoms with van der Waals surface area (Å²) >= 11 is 0. The van der Waals surface area contributed by atoms with E-state index in [1.807, 2.05) is 6.92 Å². The summed E-state index contributed by atoms with van der Waals surface area (Å²) in [5.74, 6) is 0.894. The fourth-order valence-electron chi connectivity index (χ4n) is 2.60. The van der Waals surface area contributed by atoms with Gasteiger partial charge in [-0.25, -0.2) is 9.97 Å². The fraction of sp³-hybridized carbons (Fsp3) is 0.538. The molecular formula is C13H18N4O. The zero-order valence-electron chi connectivity index (χ0n) is 10.5. The van der Waals surface area contributed by atoms with Crippen molar-refractivity contribution in [3.63, 3.8) is 0 Å². The molecule has 96 valence electrons. The van der Waals surface area contributed by atoms with Crippen LogP contribution in [0.3, 0.4) is 0 Å². The molecule has 1 aliphatic carbocycles. The highest BCUT2D eigenvalue weighted by Crippen LogP contribution is 2.25. The number of aliphatic hydroxyl groups excluding tert-OH is 1. The predicted octanol–water partition coefficient (Wildman–Crippen LogP) is 1.98. The standard InChI is InChI=1S/C13H18N4O/c1-8-6-11-12(16-8)14-7-15-13(11)17-9-2-4-10(18)5-3-9/h6-7,9-10,18H,2-5H2,1H3,(H2,14,15,16,17). The third-order valence-corrected chi connectivity index (χ3v) is 3.60. The Balaban J connectivity index is 1.82. The average Bonchev–Trinajstić information content (AvgIpc) is 2.73. The summed E-state index contributed by atoms with van der Waals surface area (Å²) < 4.78 is 0. The summed E-state index contributed by atoms with van der Waals surface area (Å²) in [7, 11) is 0. The molecule has 2 aromatic heterocycles. The molecule has 5 nitrogen and oxygen atoms in total. The van der Waals surface area contributed by atoms with Crippen LogP contribution in [0.5, 0.6) is 0 Å². The lowest BCUT2D eigenvalue weighted by molar-refractivity contribution is 0.126. The smallest absolute Gasteiger partial charge is 0.143 e. The van der Waals surface area contributed by atoms with Crippen LogP contribution in [-0.4, -0.2) is 32.2 Å². The SMILES string of the molecule is Cc1cc2c(NC3CCC(O)CC3)ncnc2[nH]1. The van der Waals surface area contributed by atoms with Crippen LogP contribution in [0.25, 0.3) is 11.0 Å². The summed E-state index contributed by atoms with van der Waals surface area (Å²) in [5, 5.41) is 14.0. The molecule has 0 spiro atoms. The van der Waals surface area contributed by atoms with Crippen molar-refractivity contribution < 1.29 is 5.11 Å². The Morgan fingerprint density at radius 2 is 2.06 bits per heavy atom. The molecule has 0 aliphatic heterocycles. The second-order valence-electron chi connectivity index (χ2n) is 5.09. The van der Waals surface area contributed by atoms with Crippen LogP contribution in [0.1, 0.15) is 31.4 Å². The number of anilines is 1. The van der Waals surface area contributed by atoms with Gasteiger partial charge in [-0.3, -0.25) is 0 Å². The largest absolute Gasteiger partial charge is 0.393 e. The zero-order chi connectivity index (χ0) is 12.5. The number of nitrogens with zero attached hydrogens (tertiary/aromatic N) is 2. The number of aliphatic hydroxyl groups is 1. The van der Waals surface area contributed by atoms with Gasteiger partial charge >= 0.3 is 0 Å². The number of aryl methyl sites for hydroxylation is 1. The first-order valence-electron chi connectivity index (χ1n) is 6.47. The third kappa shape index (κ3) is 2.18. The molecule has 0 amide bonds. The summed E-state index contributed by atoms with van der Waals surface area (Å²) in [6.07, 6.45) is 5.20. The van der Waals surface area contributed by atoms with Crippen LogP contribution >= 0.6 is 0 Å². The van der Waals surface area contributed by atoms with Crippen LogP contribution in [0.15, 0.2) is 12.4 Å². The average molecular weight is 246 g/mol. The van der Waals surface area contributed by atoms with Gasteiger partial charge in [0.1, 0.15) is 17.8 Å². The van der Waals surface area contributed by atoms with Gasteiger partial charge in [0.2, 0.25) is 0 Å². The Morgan fingerprint density at radius 3 is 2.83 bits per heavy atom. The number of fused-ring (bicyclic) bond motifs is 1. The van der Waals surface area contributed by atoms with Gasteiger partial charge in [-0.15, -0.1) is 0 Å². The molecule has 3 N–H and O–H groups in total. The highest BCUT2D eigenvalue weighted by Gasteiger charge is 2.20. The molecule has 0 aromatic carbocycles. The number of hydrogen-bond donors (Lipinski definition) is 3. The van der Waals surface area contributed by atoms with Crippen LogP contribution in [0, 0.1) is 6.92 Å². The molecular weight excluding hydrogens is 228 g/mol. The van der Waals surface area contributed by atoms with Crippen molar-refractivity contribution in [3.8, 4) is 0 Å². The van der Waals surface area contributed by atoms with E-state index in [1.54, 1.807) is 6.33 Å². The maximum atomic E-state index is 9.51. The molecule has 5 heteroatoms. The quantitative estimate of drug-likeness (QED) is 0.757. The number of H-pyrrole nitrogens is 1. The molecule has 0 atom stereocenters. The summed E-state index contributed by atoms with van der Waals surface area (Å²) in [4.78, 5) is 11.8. The van der Waals surface area contributed by atoms with Crippen molar-refractivity contribution in [2.45, 2.75) is 44.8 Å². The van der Waals surface area contributed by atoms with Gasteiger partial charge in [-0.1, -0.05) is 0 Å². The van der Waals surface area contributed by atoms with Crippen molar-refractivity contribution in [2.75, 3.05) is 5.32 Å². The molecule has 2 aromatic rings. The number of aromatic nitrogens is 3. The van der Waals surface area contributed by atoms with Gasteiger partial charge in [-0.05, 0) is 38.7 Å².